The van der Waals surface area contributed by atoms with Gasteiger partial charge in [0.2, 0.25) is 0 Å². The number of rotatable bonds is 3. The zero-order chi connectivity index (χ0) is 21.5. The molecule has 6 heteroatoms. The first-order chi connectivity index (χ1) is 15.1. The summed E-state index contributed by atoms with van der Waals surface area (Å²) in [5, 5.41) is 2.25. The van der Waals surface area contributed by atoms with E-state index in [2.05, 4.69) is 17.4 Å². The fraction of sp³-hybridized carbons (Fsp3) is 0.0800. The van der Waals surface area contributed by atoms with Gasteiger partial charge in [0.1, 0.15) is 11.3 Å². The lowest BCUT2D eigenvalue weighted by atomic mass is 10.0. The quantitative estimate of drug-likeness (QED) is 0.410. The number of benzene rings is 3. The van der Waals surface area contributed by atoms with Gasteiger partial charge in [-0.2, -0.15) is 0 Å². The van der Waals surface area contributed by atoms with Crippen molar-refractivity contribution in [1.82, 2.24) is 5.32 Å². The molecule has 0 aromatic heterocycles. The fourth-order valence-corrected chi connectivity index (χ4v) is 4.09. The molecule has 0 unspecified atom stereocenters. The topological polar surface area (TPSA) is 75.7 Å². The molecule has 1 N–H and O–H groups in total. The molecule has 1 aliphatic carbocycles. The van der Waals surface area contributed by atoms with E-state index in [-0.39, 0.29) is 11.3 Å². The Hall–Kier alpha value is -4.19. The highest BCUT2D eigenvalue weighted by Crippen LogP contribution is 2.37. The average Bonchev–Trinajstić information content (AvgIpc) is 3.15. The summed E-state index contributed by atoms with van der Waals surface area (Å²) < 4.78 is 5.28. The number of urea groups is 1. The first-order valence-corrected chi connectivity index (χ1v) is 9.82. The van der Waals surface area contributed by atoms with Crippen molar-refractivity contribution < 1.29 is 19.1 Å². The van der Waals surface area contributed by atoms with Crippen molar-refractivity contribution in [3.8, 4) is 16.9 Å². The van der Waals surface area contributed by atoms with Crippen molar-refractivity contribution in [3.63, 3.8) is 0 Å². The number of nitrogens with one attached hydrogen (secondary N) is 1. The summed E-state index contributed by atoms with van der Waals surface area (Å²) >= 11 is 0. The lowest BCUT2D eigenvalue weighted by molar-refractivity contribution is -0.122. The lowest BCUT2D eigenvalue weighted by Gasteiger charge is -2.27. The Balaban J connectivity index is 1.55. The van der Waals surface area contributed by atoms with Crippen molar-refractivity contribution in [2.75, 3.05) is 12.0 Å². The zero-order valence-electron chi connectivity index (χ0n) is 16.7. The normalized spacial score (nSPS) is 16.2. The highest BCUT2D eigenvalue weighted by atomic mass is 16.5. The van der Waals surface area contributed by atoms with Gasteiger partial charge in [0.25, 0.3) is 11.8 Å². The molecule has 1 saturated heterocycles. The second kappa shape index (κ2) is 7.25. The molecule has 31 heavy (non-hydrogen) atoms. The number of amides is 4. The second-order valence-corrected chi connectivity index (χ2v) is 7.38. The molecule has 4 amide bonds. The first kappa shape index (κ1) is 18.8. The van der Waals surface area contributed by atoms with Crippen LogP contribution in [0.25, 0.3) is 17.2 Å². The molecule has 1 aliphatic heterocycles. The third-order valence-electron chi connectivity index (χ3n) is 5.56. The minimum Gasteiger partial charge on any atom is -0.495 e. The number of imide groups is 2. The minimum atomic E-state index is -0.806. The molecular formula is C25H18N2O4. The molecular weight excluding hydrogens is 392 g/mol. The molecule has 0 radical (unpaired) electrons. The van der Waals surface area contributed by atoms with Crippen LogP contribution in [0, 0.1) is 0 Å². The van der Waals surface area contributed by atoms with Crippen LogP contribution >= 0.6 is 0 Å². The fourth-order valence-electron chi connectivity index (χ4n) is 4.09. The number of carbonyl (C=O) groups excluding carboxylic acids is 3. The minimum absolute atomic E-state index is 0.114. The van der Waals surface area contributed by atoms with Gasteiger partial charge in [-0.3, -0.25) is 14.9 Å². The number of methoxy groups -OCH3 is 1. The van der Waals surface area contributed by atoms with E-state index in [1.165, 1.54) is 24.3 Å². The number of hydrogen-bond acceptors (Lipinski definition) is 4. The number of ether oxygens (including phenoxy) is 1. The standard InChI is InChI=1S/C25H18N2O4/c1-31-22-9-5-4-8-21(22)27-24(29)20(23(28)26-25(27)30)13-15-10-11-17-14-16-6-2-3-7-18(16)19(17)12-15/h2-13H,14H2,1H3,(H,26,28,30)/b20-13-. The summed E-state index contributed by atoms with van der Waals surface area (Å²) in [5.41, 5.74) is 5.57. The first-order valence-electron chi connectivity index (χ1n) is 9.82. The van der Waals surface area contributed by atoms with E-state index in [4.69, 9.17) is 4.74 Å². The molecule has 0 saturated carbocycles. The summed E-state index contributed by atoms with van der Waals surface area (Å²) in [5.74, 6) is -1.06. The molecule has 0 bridgehead atoms. The van der Waals surface area contributed by atoms with Crippen LogP contribution in [-0.4, -0.2) is 25.0 Å². The summed E-state index contributed by atoms with van der Waals surface area (Å²) in [6.45, 7) is 0. The zero-order valence-corrected chi connectivity index (χ0v) is 16.7. The van der Waals surface area contributed by atoms with Crippen molar-refractivity contribution in [3.05, 3.63) is 89.0 Å². The van der Waals surface area contributed by atoms with Gasteiger partial charge in [0.15, 0.2) is 0 Å². The molecule has 3 aromatic carbocycles. The van der Waals surface area contributed by atoms with Gasteiger partial charge in [-0.15, -0.1) is 0 Å². The maximum atomic E-state index is 13.2. The predicted octanol–water partition coefficient (Wildman–Crippen LogP) is 3.93. The van der Waals surface area contributed by atoms with E-state index in [1.54, 1.807) is 24.3 Å². The lowest BCUT2D eigenvalue weighted by Crippen LogP contribution is -2.54. The Morgan fingerprint density at radius 1 is 0.903 bits per heavy atom. The highest BCUT2D eigenvalue weighted by Gasteiger charge is 2.38. The van der Waals surface area contributed by atoms with Gasteiger partial charge in [0.05, 0.1) is 12.8 Å². The van der Waals surface area contributed by atoms with Crippen LogP contribution < -0.4 is 15.0 Å². The monoisotopic (exact) mass is 410 g/mol. The molecule has 0 spiro atoms. The van der Waals surface area contributed by atoms with Crippen LogP contribution in [0.5, 0.6) is 5.75 Å². The van der Waals surface area contributed by atoms with E-state index < -0.39 is 17.8 Å². The van der Waals surface area contributed by atoms with Crippen molar-refractivity contribution in [1.29, 1.82) is 0 Å². The molecule has 6 nitrogen and oxygen atoms in total. The number of anilines is 1. The van der Waals surface area contributed by atoms with E-state index in [9.17, 15) is 14.4 Å². The summed E-state index contributed by atoms with van der Waals surface area (Å²) in [7, 11) is 1.45. The summed E-state index contributed by atoms with van der Waals surface area (Å²) in [6, 6.07) is 19.9. The molecule has 152 valence electrons. The van der Waals surface area contributed by atoms with Crippen LogP contribution in [0.3, 0.4) is 0 Å². The van der Waals surface area contributed by atoms with Gasteiger partial charge in [-0.1, -0.05) is 48.5 Å². The van der Waals surface area contributed by atoms with Gasteiger partial charge >= 0.3 is 6.03 Å². The SMILES string of the molecule is COc1ccccc1N1C(=O)NC(=O)/C(=C/c2ccc3c(c2)-c2ccccc2C3)C1=O. The smallest absolute Gasteiger partial charge is 0.336 e. The largest absolute Gasteiger partial charge is 0.495 e. The molecule has 3 aromatic rings. The molecule has 0 atom stereocenters. The number of nitrogens with zero attached hydrogens (tertiary/aromatic N) is 1. The van der Waals surface area contributed by atoms with E-state index in [0.29, 0.717) is 11.3 Å². The third kappa shape index (κ3) is 3.09. The maximum absolute atomic E-state index is 13.2. The number of para-hydroxylation sites is 2. The van der Waals surface area contributed by atoms with Crippen LogP contribution in [0.1, 0.15) is 16.7 Å². The van der Waals surface area contributed by atoms with Crippen LogP contribution in [0.4, 0.5) is 10.5 Å². The number of barbiturate groups is 1. The van der Waals surface area contributed by atoms with E-state index in [0.717, 1.165) is 22.4 Å². The Labute approximate surface area is 178 Å². The molecule has 1 heterocycles. The number of fused-ring (bicyclic) bond motifs is 3. The summed E-state index contributed by atoms with van der Waals surface area (Å²) in [4.78, 5) is 39.1. The highest BCUT2D eigenvalue weighted by molar-refractivity contribution is 6.39. The Bertz CT molecular complexity index is 1290. The maximum Gasteiger partial charge on any atom is 0.336 e. The van der Waals surface area contributed by atoms with Gasteiger partial charge < -0.3 is 4.74 Å². The third-order valence-corrected chi connectivity index (χ3v) is 5.56. The Morgan fingerprint density at radius 3 is 2.48 bits per heavy atom. The van der Waals surface area contributed by atoms with E-state index >= 15 is 0 Å². The van der Waals surface area contributed by atoms with Gasteiger partial charge in [-0.25, -0.2) is 9.69 Å². The average molecular weight is 410 g/mol. The van der Waals surface area contributed by atoms with Gasteiger partial charge in [-0.05, 0) is 58.5 Å². The summed E-state index contributed by atoms with van der Waals surface area (Å²) in [6.07, 6.45) is 2.38. The molecule has 2 aliphatic rings. The predicted molar refractivity (Wildman–Crippen MR) is 117 cm³/mol. The Kier molecular flexibility index (Phi) is 4.40. The van der Waals surface area contributed by atoms with Crippen molar-refractivity contribution >= 4 is 29.6 Å². The Morgan fingerprint density at radius 2 is 1.65 bits per heavy atom. The second-order valence-electron chi connectivity index (χ2n) is 7.38. The molecule has 1 fully saturated rings. The van der Waals surface area contributed by atoms with Crippen LogP contribution in [0.2, 0.25) is 0 Å². The van der Waals surface area contributed by atoms with E-state index in [1.807, 2.05) is 30.3 Å². The molecule has 5 rings (SSSR count). The number of hydrogen-bond donors (Lipinski definition) is 1. The van der Waals surface area contributed by atoms with Crippen molar-refractivity contribution in [2.45, 2.75) is 6.42 Å². The van der Waals surface area contributed by atoms with Gasteiger partial charge in [0, 0.05) is 0 Å². The number of carbonyl (C=O) groups is 3. The van der Waals surface area contributed by atoms with Crippen LogP contribution in [-0.2, 0) is 16.0 Å². The van der Waals surface area contributed by atoms with Crippen LogP contribution in [0.15, 0.2) is 72.3 Å². The van der Waals surface area contributed by atoms with Crippen molar-refractivity contribution in [2.24, 2.45) is 0 Å².